The predicted molar refractivity (Wildman–Crippen MR) is 84.8 cm³/mol. The molecule has 1 atom stereocenters. The van der Waals surface area contributed by atoms with E-state index in [0.717, 1.165) is 0 Å². The van der Waals surface area contributed by atoms with Crippen molar-refractivity contribution in [3.05, 3.63) is 47.4 Å². The first-order valence-electron chi connectivity index (χ1n) is 7.40. The summed E-state index contributed by atoms with van der Waals surface area (Å²) in [4.78, 5) is 24.2. The lowest BCUT2D eigenvalue weighted by Crippen LogP contribution is -2.30. The molecule has 0 spiro atoms. The molecule has 2 aromatic rings. The van der Waals surface area contributed by atoms with E-state index >= 15 is 0 Å². The minimum Gasteiger partial charge on any atom is -0.466 e. The second-order valence-electron chi connectivity index (χ2n) is 5.24. The van der Waals surface area contributed by atoms with Gasteiger partial charge >= 0.3 is 12.6 Å². The van der Waals surface area contributed by atoms with E-state index in [2.05, 4.69) is 10.1 Å². The third kappa shape index (κ3) is 4.79. The van der Waals surface area contributed by atoms with Crippen molar-refractivity contribution in [2.24, 2.45) is 0 Å². The Labute approximate surface area is 142 Å². The molecule has 1 aromatic carbocycles. The average Bonchev–Trinajstić information content (AvgIpc) is 2.87. The Bertz CT molecular complexity index is 772. The lowest BCUT2D eigenvalue weighted by Gasteiger charge is -2.15. The van der Waals surface area contributed by atoms with Gasteiger partial charge in [0.1, 0.15) is 22.8 Å². The standard InChI is InChI=1S/C17H17F2NO5/c1-9-8-12(10(2)23-9)16(22)24-11(3)15(21)20-13-6-4-5-7-14(13)25-17(18)19/h4-8,11,17H,1-3H3,(H,20,21)/t11-/m0/s1. The van der Waals surface area contributed by atoms with Crippen molar-refractivity contribution in [1.82, 2.24) is 0 Å². The van der Waals surface area contributed by atoms with Crippen LogP contribution >= 0.6 is 0 Å². The molecule has 1 amide bonds. The van der Waals surface area contributed by atoms with Crippen molar-refractivity contribution in [3.63, 3.8) is 0 Å². The van der Waals surface area contributed by atoms with E-state index in [1.54, 1.807) is 19.9 Å². The quantitative estimate of drug-likeness (QED) is 0.802. The van der Waals surface area contributed by atoms with Gasteiger partial charge in [-0.2, -0.15) is 8.78 Å². The summed E-state index contributed by atoms with van der Waals surface area (Å²) in [7, 11) is 0. The Morgan fingerprint density at radius 2 is 1.88 bits per heavy atom. The lowest BCUT2D eigenvalue weighted by atomic mass is 10.2. The van der Waals surface area contributed by atoms with E-state index in [1.807, 2.05) is 0 Å². The summed E-state index contributed by atoms with van der Waals surface area (Å²) in [6.45, 7) is 1.62. The molecule has 134 valence electrons. The highest BCUT2D eigenvalue weighted by Crippen LogP contribution is 2.25. The van der Waals surface area contributed by atoms with Gasteiger partial charge in [0.2, 0.25) is 0 Å². The van der Waals surface area contributed by atoms with E-state index < -0.39 is 24.6 Å². The minimum atomic E-state index is -3.03. The van der Waals surface area contributed by atoms with Gasteiger partial charge in [0.15, 0.2) is 6.10 Å². The number of esters is 1. The molecular formula is C17H17F2NO5. The molecule has 25 heavy (non-hydrogen) atoms. The van der Waals surface area contributed by atoms with Gasteiger partial charge < -0.3 is 19.2 Å². The molecule has 0 aliphatic carbocycles. The maximum Gasteiger partial charge on any atom is 0.387 e. The van der Waals surface area contributed by atoms with Gasteiger partial charge in [-0.1, -0.05) is 12.1 Å². The number of para-hydroxylation sites is 2. The lowest BCUT2D eigenvalue weighted by molar-refractivity contribution is -0.123. The van der Waals surface area contributed by atoms with Crippen molar-refractivity contribution < 1.29 is 32.3 Å². The predicted octanol–water partition coefficient (Wildman–Crippen LogP) is 3.68. The number of halogens is 2. The molecule has 0 saturated heterocycles. The summed E-state index contributed by atoms with van der Waals surface area (Å²) in [5.74, 6) is -0.665. The Morgan fingerprint density at radius 1 is 1.20 bits per heavy atom. The zero-order chi connectivity index (χ0) is 18.6. The molecule has 0 bridgehead atoms. The molecule has 2 rings (SSSR count). The van der Waals surface area contributed by atoms with Crippen LogP contribution in [0.3, 0.4) is 0 Å². The summed E-state index contributed by atoms with van der Waals surface area (Å²) in [6, 6.07) is 7.22. The maximum absolute atomic E-state index is 12.4. The van der Waals surface area contributed by atoms with E-state index in [-0.39, 0.29) is 17.0 Å². The first kappa shape index (κ1) is 18.4. The average molecular weight is 353 g/mol. The molecule has 0 aliphatic heterocycles. The summed E-state index contributed by atoms with van der Waals surface area (Å²) >= 11 is 0. The van der Waals surface area contributed by atoms with Crippen LogP contribution in [0.15, 0.2) is 34.7 Å². The molecular weight excluding hydrogens is 336 g/mol. The number of hydrogen-bond donors (Lipinski definition) is 1. The number of carbonyl (C=O) groups excluding carboxylic acids is 2. The van der Waals surface area contributed by atoms with Crippen LogP contribution in [0.4, 0.5) is 14.5 Å². The fraction of sp³-hybridized carbons (Fsp3) is 0.294. The maximum atomic E-state index is 12.4. The molecule has 0 unspecified atom stereocenters. The Hall–Kier alpha value is -2.90. The summed E-state index contributed by atoms with van der Waals surface area (Å²) in [5.41, 5.74) is 0.268. The summed E-state index contributed by atoms with van der Waals surface area (Å²) in [6.07, 6.45) is -1.15. The van der Waals surface area contributed by atoms with Crippen LogP contribution in [0.5, 0.6) is 5.75 Å². The number of rotatable bonds is 6. The molecule has 0 fully saturated rings. The fourth-order valence-electron chi connectivity index (χ4n) is 2.11. The third-order valence-corrected chi connectivity index (χ3v) is 3.27. The largest absolute Gasteiger partial charge is 0.466 e. The number of furan rings is 1. The molecule has 1 heterocycles. The fourth-order valence-corrected chi connectivity index (χ4v) is 2.11. The second kappa shape index (κ2) is 7.78. The zero-order valence-electron chi connectivity index (χ0n) is 13.8. The Balaban J connectivity index is 2.03. The molecule has 1 aromatic heterocycles. The topological polar surface area (TPSA) is 77.8 Å². The summed E-state index contributed by atoms with van der Waals surface area (Å²) < 4.78 is 39.4. The van der Waals surface area contributed by atoms with Gasteiger partial charge in [-0.15, -0.1) is 0 Å². The first-order valence-corrected chi connectivity index (χ1v) is 7.40. The van der Waals surface area contributed by atoms with Crippen LogP contribution < -0.4 is 10.1 Å². The number of hydrogen-bond acceptors (Lipinski definition) is 5. The third-order valence-electron chi connectivity index (χ3n) is 3.27. The Kier molecular flexibility index (Phi) is 5.74. The highest BCUT2D eigenvalue weighted by Gasteiger charge is 2.23. The van der Waals surface area contributed by atoms with Crippen molar-refractivity contribution >= 4 is 17.6 Å². The summed E-state index contributed by atoms with van der Waals surface area (Å²) in [5, 5.41) is 2.39. The zero-order valence-corrected chi connectivity index (χ0v) is 13.8. The van der Waals surface area contributed by atoms with Crippen LogP contribution in [0, 0.1) is 13.8 Å². The van der Waals surface area contributed by atoms with Crippen LogP contribution in [0.1, 0.15) is 28.8 Å². The molecule has 8 heteroatoms. The molecule has 1 N–H and O–H groups in total. The molecule has 0 saturated carbocycles. The van der Waals surface area contributed by atoms with E-state index in [0.29, 0.717) is 11.5 Å². The van der Waals surface area contributed by atoms with E-state index in [9.17, 15) is 18.4 Å². The SMILES string of the molecule is Cc1cc(C(=O)O[C@@H](C)C(=O)Nc2ccccc2OC(F)F)c(C)o1. The van der Waals surface area contributed by atoms with E-state index in [4.69, 9.17) is 9.15 Å². The van der Waals surface area contributed by atoms with Gasteiger partial charge in [-0.3, -0.25) is 4.79 Å². The second-order valence-corrected chi connectivity index (χ2v) is 5.24. The van der Waals surface area contributed by atoms with Crippen LogP contribution in [-0.2, 0) is 9.53 Å². The number of carbonyl (C=O) groups is 2. The number of aryl methyl sites for hydroxylation is 2. The smallest absolute Gasteiger partial charge is 0.387 e. The van der Waals surface area contributed by atoms with Gasteiger partial charge in [0.25, 0.3) is 5.91 Å². The monoisotopic (exact) mass is 353 g/mol. The van der Waals surface area contributed by atoms with Crippen molar-refractivity contribution in [1.29, 1.82) is 0 Å². The van der Waals surface area contributed by atoms with E-state index in [1.165, 1.54) is 31.2 Å². The molecule has 6 nitrogen and oxygen atoms in total. The number of amides is 1. The highest BCUT2D eigenvalue weighted by molar-refractivity contribution is 5.98. The minimum absolute atomic E-state index is 0.0473. The number of benzene rings is 1. The number of nitrogens with one attached hydrogen (secondary N) is 1. The van der Waals surface area contributed by atoms with Crippen LogP contribution in [-0.4, -0.2) is 24.6 Å². The number of alkyl halides is 2. The van der Waals surface area contributed by atoms with Gasteiger partial charge in [0.05, 0.1) is 5.69 Å². The highest BCUT2D eigenvalue weighted by atomic mass is 19.3. The van der Waals surface area contributed by atoms with Crippen molar-refractivity contribution in [2.45, 2.75) is 33.5 Å². The molecule has 0 radical (unpaired) electrons. The van der Waals surface area contributed by atoms with Gasteiger partial charge in [-0.05, 0) is 39.0 Å². The first-order chi connectivity index (χ1) is 11.8. The van der Waals surface area contributed by atoms with Gasteiger partial charge in [-0.25, -0.2) is 4.79 Å². The van der Waals surface area contributed by atoms with Crippen LogP contribution in [0.2, 0.25) is 0 Å². The molecule has 0 aliphatic rings. The Morgan fingerprint density at radius 3 is 2.48 bits per heavy atom. The number of ether oxygens (including phenoxy) is 2. The van der Waals surface area contributed by atoms with Gasteiger partial charge in [0, 0.05) is 0 Å². The van der Waals surface area contributed by atoms with Crippen molar-refractivity contribution in [3.8, 4) is 5.75 Å². The van der Waals surface area contributed by atoms with Crippen molar-refractivity contribution in [2.75, 3.05) is 5.32 Å². The van der Waals surface area contributed by atoms with Crippen LogP contribution in [0.25, 0.3) is 0 Å². The normalized spacial score (nSPS) is 11.9. The number of anilines is 1.